The summed E-state index contributed by atoms with van der Waals surface area (Å²) in [6, 6.07) is 7.70. The number of rotatable bonds is 7. The molecule has 1 aromatic rings. The third-order valence-electron chi connectivity index (χ3n) is 3.31. The molecule has 0 aromatic heterocycles. The number of likely N-dealkylation sites (N-methyl/N-ethyl adjacent to an activating group) is 1. The maximum absolute atomic E-state index is 12.0. The van der Waals surface area contributed by atoms with E-state index in [0.717, 1.165) is 24.9 Å². The highest BCUT2D eigenvalue weighted by Gasteiger charge is 2.23. The summed E-state index contributed by atoms with van der Waals surface area (Å²) in [4.78, 5) is 25.6. The van der Waals surface area contributed by atoms with Crippen molar-refractivity contribution in [3.63, 3.8) is 0 Å². The SMILES string of the molecule is CN(C)C/C=C/C(=O)NCc1cccc(C(=O)NC2CC2)c1. The Labute approximate surface area is 131 Å². The minimum Gasteiger partial charge on any atom is -0.349 e. The van der Waals surface area contributed by atoms with Crippen molar-refractivity contribution in [2.45, 2.75) is 25.4 Å². The quantitative estimate of drug-likeness (QED) is 0.747. The molecule has 0 spiro atoms. The van der Waals surface area contributed by atoms with E-state index in [2.05, 4.69) is 10.6 Å². The van der Waals surface area contributed by atoms with Crippen molar-refractivity contribution in [3.8, 4) is 0 Å². The van der Waals surface area contributed by atoms with Crippen LogP contribution < -0.4 is 10.6 Å². The van der Waals surface area contributed by atoms with E-state index < -0.39 is 0 Å². The van der Waals surface area contributed by atoms with E-state index in [1.54, 1.807) is 6.07 Å². The number of hydrogen-bond acceptors (Lipinski definition) is 3. The van der Waals surface area contributed by atoms with Crippen molar-refractivity contribution in [2.24, 2.45) is 0 Å². The summed E-state index contributed by atoms with van der Waals surface area (Å²) >= 11 is 0. The van der Waals surface area contributed by atoms with Crippen LogP contribution in [0.4, 0.5) is 0 Å². The van der Waals surface area contributed by atoms with Gasteiger partial charge in [0.15, 0.2) is 0 Å². The molecule has 0 unspecified atom stereocenters. The Morgan fingerprint density at radius 1 is 1.32 bits per heavy atom. The van der Waals surface area contributed by atoms with Gasteiger partial charge >= 0.3 is 0 Å². The fourth-order valence-corrected chi connectivity index (χ4v) is 1.94. The Morgan fingerprint density at radius 2 is 2.09 bits per heavy atom. The maximum Gasteiger partial charge on any atom is 0.251 e. The lowest BCUT2D eigenvalue weighted by atomic mass is 10.1. The summed E-state index contributed by atoms with van der Waals surface area (Å²) in [6.45, 7) is 1.14. The van der Waals surface area contributed by atoms with Crippen LogP contribution in [0.2, 0.25) is 0 Å². The summed E-state index contributed by atoms with van der Waals surface area (Å²) in [5, 5.41) is 5.77. The molecule has 22 heavy (non-hydrogen) atoms. The van der Waals surface area contributed by atoms with E-state index in [4.69, 9.17) is 0 Å². The number of hydrogen-bond donors (Lipinski definition) is 2. The minimum atomic E-state index is -0.130. The van der Waals surface area contributed by atoms with Gasteiger partial charge in [0, 0.05) is 30.8 Å². The molecule has 5 nitrogen and oxygen atoms in total. The van der Waals surface area contributed by atoms with Crippen LogP contribution in [-0.2, 0) is 11.3 Å². The highest BCUT2D eigenvalue weighted by molar-refractivity contribution is 5.94. The molecule has 0 heterocycles. The number of amides is 2. The molecule has 0 radical (unpaired) electrons. The molecule has 2 rings (SSSR count). The van der Waals surface area contributed by atoms with Crippen LogP contribution in [0.1, 0.15) is 28.8 Å². The van der Waals surface area contributed by atoms with Crippen molar-refractivity contribution in [1.29, 1.82) is 0 Å². The normalized spacial score (nSPS) is 14.3. The van der Waals surface area contributed by atoms with Gasteiger partial charge in [-0.3, -0.25) is 9.59 Å². The van der Waals surface area contributed by atoms with Crippen molar-refractivity contribution >= 4 is 11.8 Å². The molecular weight excluding hydrogens is 278 g/mol. The zero-order valence-corrected chi connectivity index (χ0v) is 13.1. The first-order valence-electron chi connectivity index (χ1n) is 7.53. The molecule has 1 aromatic carbocycles. The Morgan fingerprint density at radius 3 is 2.77 bits per heavy atom. The number of carbonyl (C=O) groups is 2. The number of benzene rings is 1. The van der Waals surface area contributed by atoms with Crippen molar-refractivity contribution in [1.82, 2.24) is 15.5 Å². The van der Waals surface area contributed by atoms with Crippen LogP contribution in [0, 0.1) is 0 Å². The fourth-order valence-electron chi connectivity index (χ4n) is 1.94. The first-order chi connectivity index (χ1) is 10.5. The predicted octanol–water partition coefficient (Wildman–Crippen LogP) is 1.31. The molecule has 1 aliphatic rings. The van der Waals surface area contributed by atoms with Gasteiger partial charge < -0.3 is 15.5 Å². The number of carbonyl (C=O) groups excluding carboxylic acids is 2. The molecule has 0 bridgehead atoms. The van der Waals surface area contributed by atoms with Gasteiger partial charge in [-0.1, -0.05) is 18.2 Å². The summed E-state index contributed by atoms with van der Waals surface area (Å²) in [6.07, 6.45) is 5.49. The maximum atomic E-state index is 12.0. The molecule has 1 aliphatic carbocycles. The van der Waals surface area contributed by atoms with Crippen molar-refractivity contribution < 1.29 is 9.59 Å². The van der Waals surface area contributed by atoms with Gasteiger partial charge in [-0.15, -0.1) is 0 Å². The molecule has 0 saturated heterocycles. The van der Waals surface area contributed by atoms with E-state index in [-0.39, 0.29) is 11.8 Å². The van der Waals surface area contributed by atoms with Gasteiger partial charge in [-0.05, 0) is 44.6 Å². The summed E-state index contributed by atoms with van der Waals surface area (Å²) < 4.78 is 0. The van der Waals surface area contributed by atoms with E-state index in [1.165, 1.54) is 6.08 Å². The van der Waals surface area contributed by atoms with Gasteiger partial charge in [0.1, 0.15) is 0 Å². The summed E-state index contributed by atoms with van der Waals surface area (Å²) in [5.74, 6) is -0.170. The standard InChI is InChI=1S/C17H23N3O2/c1-20(2)10-4-7-16(21)18-12-13-5-3-6-14(11-13)17(22)19-15-8-9-15/h3-7,11,15H,8-10,12H2,1-2H3,(H,18,21)(H,19,22)/b7-4+. The van der Waals surface area contributed by atoms with E-state index >= 15 is 0 Å². The van der Waals surface area contributed by atoms with Crippen LogP contribution in [0.15, 0.2) is 36.4 Å². The zero-order chi connectivity index (χ0) is 15.9. The van der Waals surface area contributed by atoms with Crippen LogP contribution in [0.3, 0.4) is 0 Å². The van der Waals surface area contributed by atoms with Crippen LogP contribution in [0.25, 0.3) is 0 Å². The second kappa shape index (κ2) is 7.75. The van der Waals surface area contributed by atoms with Crippen LogP contribution in [-0.4, -0.2) is 43.4 Å². The van der Waals surface area contributed by atoms with Gasteiger partial charge in [-0.25, -0.2) is 0 Å². The van der Waals surface area contributed by atoms with Gasteiger partial charge in [0.2, 0.25) is 5.91 Å². The summed E-state index contributed by atoms with van der Waals surface area (Å²) in [5.41, 5.74) is 1.56. The largest absolute Gasteiger partial charge is 0.349 e. The number of nitrogens with zero attached hydrogens (tertiary/aromatic N) is 1. The molecular formula is C17H23N3O2. The zero-order valence-electron chi connectivity index (χ0n) is 13.1. The molecule has 118 valence electrons. The monoisotopic (exact) mass is 301 g/mol. The second-order valence-corrected chi connectivity index (χ2v) is 5.83. The first-order valence-corrected chi connectivity index (χ1v) is 7.53. The lowest BCUT2D eigenvalue weighted by molar-refractivity contribution is -0.116. The lowest BCUT2D eigenvalue weighted by Crippen LogP contribution is -2.26. The minimum absolute atomic E-state index is 0.0402. The van der Waals surface area contributed by atoms with E-state index in [9.17, 15) is 9.59 Å². The van der Waals surface area contributed by atoms with Crippen molar-refractivity contribution in [2.75, 3.05) is 20.6 Å². The highest BCUT2D eigenvalue weighted by atomic mass is 16.2. The Kier molecular flexibility index (Phi) is 5.72. The second-order valence-electron chi connectivity index (χ2n) is 5.83. The first kappa shape index (κ1) is 16.2. The predicted molar refractivity (Wildman–Crippen MR) is 86.5 cm³/mol. The average molecular weight is 301 g/mol. The van der Waals surface area contributed by atoms with Gasteiger partial charge in [-0.2, -0.15) is 0 Å². The summed E-state index contributed by atoms with van der Waals surface area (Å²) in [7, 11) is 3.89. The molecule has 2 amide bonds. The Hall–Kier alpha value is -2.14. The van der Waals surface area contributed by atoms with Crippen LogP contribution in [0.5, 0.6) is 0 Å². The van der Waals surface area contributed by atoms with Gasteiger partial charge in [0.25, 0.3) is 5.91 Å². The number of nitrogens with one attached hydrogen (secondary N) is 2. The fraction of sp³-hybridized carbons (Fsp3) is 0.412. The highest BCUT2D eigenvalue weighted by Crippen LogP contribution is 2.19. The van der Waals surface area contributed by atoms with Gasteiger partial charge in [0.05, 0.1) is 0 Å². The third kappa shape index (κ3) is 5.69. The van der Waals surface area contributed by atoms with Crippen LogP contribution >= 0.6 is 0 Å². The van der Waals surface area contributed by atoms with E-state index in [0.29, 0.717) is 18.2 Å². The molecule has 2 N–H and O–H groups in total. The molecule has 5 heteroatoms. The third-order valence-corrected chi connectivity index (χ3v) is 3.31. The smallest absolute Gasteiger partial charge is 0.251 e. The average Bonchev–Trinajstić information content (AvgIpc) is 3.29. The van der Waals surface area contributed by atoms with E-state index in [1.807, 2.05) is 43.3 Å². The topological polar surface area (TPSA) is 61.4 Å². The molecule has 0 atom stereocenters. The Bertz CT molecular complexity index is 563. The molecule has 1 saturated carbocycles. The molecule has 0 aliphatic heterocycles. The lowest BCUT2D eigenvalue weighted by Gasteiger charge is -2.07. The van der Waals surface area contributed by atoms with Crippen molar-refractivity contribution in [3.05, 3.63) is 47.5 Å². The molecule has 1 fully saturated rings. The Balaban J connectivity index is 1.83.